The van der Waals surface area contributed by atoms with Gasteiger partial charge >= 0.3 is 0 Å². The molecular weight excluding hydrogens is 216 g/mol. The van der Waals surface area contributed by atoms with E-state index >= 15 is 0 Å². The van der Waals surface area contributed by atoms with E-state index in [1.165, 1.54) is 0 Å². The first-order chi connectivity index (χ1) is 8.18. The van der Waals surface area contributed by atoms with Gasteiger partial charge in [0.2, 0.25) is 0 Å². The summed E-state index contributed by atoms with van der Waals surface area (Å²) in [6.07, 6.45) is 3.95. The van der Waals surface area contributed by atoms with Crippen LogP contribution in [0.5, 0.6) is 0 Å². The second kappa shape index (κ2) is 4.86. The van der Waals surface area contributed by atoms with E-state index in [1.807, 2.05) is 42.9 Å². The molecule has 2 N–H and O–H groups in total. The van der Waals surface area contributed by atoms with Gasteiger partial charge in [0, 0.05) is 31.2 Å². The maximum Gasteiger partial charge on any atom is 0.255 e. The van der Waals surface area contributed by atoms with Crippen LogP contribution in [-0.4, -0.2) is 27.2 Å². The number of carbonyl (C=O) groups excluding carboxylic acids is 1. The van der Waals surface area contributed by atoms with Crippen LogP contribution >= 0.6 is 0 Å². The lowest BCUT2D eigenvalue weighted by atomic mass is 10.2. The number of H-pyrrole nitrogens is 1. The summed E-state index contributed by atoms with van der Waals surface area (Å²) in [5.74, 6) is -0.0686. The van der Waals surface area contributed by atoms with Crippen molar-refractivity contribution in [1.29, 1.82) is 0 Å². The number of nitrogens with one attached hydrogen (secondary N) is 2. The Morgan fingerprint density at radius 1 is 1.41 bits per heavy atom. The van der Waals surface area contributed by atoms with Gasteiger partial charge in [-0.2, -0.15) is 5.10 Å². The molecular formula is C12H16N4O. The van der Waals surface area contributed by atoms with E-state index in [9.17, 15) is 4.79 Å². The van der Waals surface area contributed by atoms with E-state index in [1.54, 1.807) is 0 Å². The number of nitrogens with zero attached hydrogens (tertiary/aromatic N) is 2. The highest BCUT2D eigenvalue weighted by molar-refractivity contribution is 5.96. The van der Waals surface area contributed by atoms with Crippen molar-refractivity contribution in [3.8, 4) is 0 Å². The van der Waals surface area contributed by atoms with Crippen molar-refractivity contribution >= 4 is 5.91 Å². The normalized spacial score (nSPS) is 10.5. The van der Waals surface area contributed by atoms with E-state index < -0.39 is 0 Å². The zero-order chi connectivity index (χ0) is 12.3. The van der Waals surface area contributed by atoms with Crippen LogP contribution in [0.2, 0.25) is 0 Å². The third-order valence-corrected chi connectivity index (χ3v) is 2.68. The Hall–Kier alpha value is -2.04. The average molecular weight is 232 g/mol. The van der Waals surface area contributed by atoms with Gasteiger partial charge in [0.25, 0.3) is 5.91 Å². The monoisotopic (exact) mass is 232 g/mol. The predicted octanol–water partition coefficient (Wildman–Crippen LogP) is 1.26. The molecule has 0 aliphatic heterocycles. The molecule has 0 saturated carbocycles. The summed E-state index contributed by atoms with van der Waals surface area (Å²) < 4.78 is 2.02. The van der Waals surface area contributed by atoms with Gasteiger partial charge in [-0.15, -0.1) is 0 Å². The van der Waals surface area contributed by atoms with E-state index in [2.05, 4.69) is 15.5 Å². The fourth-order valence-corrected chi connectivity index (χ4v) is 1.79. The number of hydrogen-bond donors (Lipinski definition) is 2. The summed E-state index contributed by atoms with van der Waals surface area (Å²) >= 11 is 0. The largest absolute Gasteiger partial charge is 0.353 e. The molecule has 0 spiro atoms. The van der Waals surface area contributed by atoms with Crippen molar-refractivity contribution in [3.63, 3.8) is 0 Å². The smallest absolute Gasteiger partial charge is 0.255 e. The molecule has 0 radical (unpaired) electrons. The topological polar surface area (TPSA) is 62.7 Å². The van der Waals surface area contributed by atoms with E-state index in [-0.39, 0.29) is 5.91 Å². The van der Waals surface area contributed by atoms with Crippen LogP contribution in [0.15, 0.2) is 24.5 Å². The minimum Gasteiger partial charge on any atom is -0.353 e. The van der Waals surface area contributed by atoms with Gasteiger partial charge in [0.15, 0.2) is 0 Å². The van der Waals surface area contributed by atoms with Gasteiger partial charge in [-0.1, -0.05) is 0 Å². The molecule has 0 aliphatic carbocycles. The van der Waals surface area contributed by atoms with Crippen molar-refractivity contribution in [2.45, 2.75) is 20.4 Å². The second-order valence-corrected chi connectivity index (χ2v) is 3.99. The van der Waals surface area contributed by atoms with Crippen molar-refractivity contribution in [3.05, 3.63) is 41.5 Å². The first-order valence-corrected chi connectivity index (χ1v) is 5.59. The number of aromatic nitrogens is 3. The minimum atomic E-state index is -0.0686. The van der Waals surface area contributed by atoms with Gasteiger partial charge < -0.3 is 9.88 Å². The average Bonchev–Trinajstić information content (AvgIpc) is 2.89. The van der Waals surface area contributed by atoms with Gasteiger partial charge in [0.05, 0.1) is 11.3 Å². The Morgan fingerprint density at radius 3 is 2.71 bits per heavy atom. The molecule has 1 amide bonds. The zero-order valence-electron chi connectivity index (χ0n) is 10.0. The lowest BCUT2D eigenvalue weighted by Crippen LogP contribution is -2.27. The Morgan fingerprint density at radius 2 is 2.12 bits per heavy atom. The van der Waals surface area contributed by atoms with Crippen LogP contribution in [0, 0.1) is 13.8 Å². The molecule has 0 aromatic carbocycles. The lowest BCUT2D eigenvalue weighted by Gasteiger charge is -2.06. The molecule has 2 rings (SSSR count). The summed E-state index contributed by atoms with van der Waals surface area (Å²) in [5, 5.41) is 9.70. The Kier molecular flexibility index (Phi) is 3.27. The molecule has 17 heavy (non-hydrogen) atoms. The lowest BCUT2D eigenvalue weighted by molar-refractivity contribution is 0.0951. The van der Waals surface area contributed by atoms with E-state index in [0.717, 1.165) is 17.9 Å². The fraction of sp³-hybridized carbons (Fsp3) is 0.333. The number of rotatable bonds is 4. The zero-order valence-corrected chi connectivity index (χ0v) is 10.0. The van der Waals surface area contributed by atoms with E-state index in [4.69, 9.17) is 0 Å². The molecule has 2 heterocycles. The van der Waals surface area contributed by atoms with Crippen molar-refractivity contribution < 1.29 is 4.79 Å². The molecule has 0 atom stereocenters. The highest BCUT2D eigenvalue weighted by Gasteiger charge is 2.14. The standard InChI is InChI=1S/C12H16N4O/c1-9-11(10(2)15-14-9)12(17)13-5-8-16-6-3-4-7-16/h3-4,6-7H,5,8H2,1-2H3,(H,13,17)(H,14,15). The molecule has 0 unspecified atom stereocenters. The maximum atomic E-state index is 11.9. The molecule has 5 nitrogen and oxygen atoms in total. The Labute approximate surface area is 99.8 Å². The van der Waals surface area contributed by atoms with Crippen LogP contribution in [0.1, 0.15) is 21.7 Å². The molecule has 0 saturated heterocycles. The minimum absolute atomic E-state index is 0.0686. The highest BCUT2D eigenvalue weighted by Crippen LogP contribution is 2.08. The quantitative estimate of drug-likeness (QED) is 0.833. The molecule has 2 aromatic rings. The van der Waals surface area contributed by atoms with Gasteiger partial charge in [-0.05, 0) is 26.0 Å². The summed E-state index contributed by atoms with van der Waals surface area (Å²) in [5.41, 5.74) is 2.19. The van der Waals surface area contributed by atoms with Crippen LogP contribution < -0.4 is 5.32 Å². The second-order valence-electron chi connectivity index (χ2n) is 3.99. The predicted molar refractivity (Wildman–Crippen MR) is 64.8 cm³/mol. The summed E-state index contributed by atoms with van der Waals surface area (Å²) in [7, 11) is 0. The van der Waals surface area contributed by atoms with Crippen molar-refractivity contribution in [2.75, 3.05) is 6.54 Å². The van der Waals surface area contributed by atoms with Crippen LogP contribution in [0.4, 0.5) is 0 Å². The number of aryl methyl sites for hydroxylation is 2. The van der Waals surface area contributed by atoms with Crippen LogP contribution in [0.3, 0.4) is 0 Å². The number of amides is 1. The molecule has 0 bridgehead atoms. The van der Waals surface area contributed by atoms with Gasteiger partial charge in [-0.25, -0.2) is 0 Å². The Balaban J connectivity index is 1.90. The molecule has 5 heteroatoms. The molecule has 90 valence electrons. The first kappa shape index (κ1) is 11.4. The number of hydrogen-bond acceptors (Lipinski definition) is 2. The van der Waals surface area contributed by atoms with Crippen LogP contribution in [0.25, 0.3) is 0 Å². The Bertz CT molecular complexity index is 479. The van der Waals surface area contributed by atoms with Crippen molar-refractivity contribution in [2.24, 2.45) is 0 Å². The van der Waals surface area contributed by atoms with Gasteiger partial charge in [0.1, 0.15) is 0 Å². The third kappa shape index (κ3) is 2.55. The van der Waals surface area contributed by atoms with Crippen LogP contribution in [-0.2, 0) is 6.54 Å². The fourth-order valence-electron chi connectivity index (χ4n) is 1.79. The summed E-state index contributed by atoms with van der Waals surface area (Å²) in [6, 6.07) is 3.93. The molecule has 0 fully saturated rings. The van der Waals surface area contributed by atoms with Gasteiger partial charge in [-0.3, -0.25) is 9.89 Å². The number of aromatic amines is 1. The third-order valence-electron chi connectivity index (χ3n) is 2.68. The first-order valence-electron chi connectivity index (χ1n) is 5.59. The maximum absolute atomic E-state index is 11.9. The molecule has 0 aliphatic rings. The highest BCUT2D eigenvalue weighted by atomic mass is 16.1. The summed E-state index contributed by atoms with van der Waals surface area (Å²) in [4.78, 5) is 11.9. The van der Waals surface area contributed by atoms with E-state index in [0.29, 0.717) is 12.1 Å². The number of carbonyl (C=O) groups is 1. The van der Waals surface area contributed by atoms with Crippen molar-refractivity contribution in [1.82, 2.24) is 20.1 Å². The SMILES string of the molecule is Cc1n[nH]c(C)c1C(=O)NCCn1cccc1. The molecule has 2 aromatic heterocycles. The summed E-state index contributed by atoms with van der Waals surface area (Å²) in [6.45, 7) is 5.05.